The van der Waals surface area contributed by atoms with Crippen LogP contribution in [0.2, 0.25) is 0 Å². The average molecular weight is 363 g/mol. The van der Waals surface area contributed by atoms with Crippen molar-refractivity contribution in [3.8, 4) is 17.1 Å². The highest BCUT2D eigenvalue weighted by Crippen LogP contribution is 2.40. The summed E-state index contributed by atoms with van der Waals surface area (Å²) in [6.45, 7) is 1.80. The van der Waals surface area contributed by atoms with Crippen molar-refractivity contribution in [1.82, 2.24) is 19.9 Å². The Balaban J connectivity index is 1.83. The first-order valence-electron chi connectivity index (χ1n) is 8.14. The van der Waals surface area contributed by atoms with Crippen LogP contribution < -0.4 is 5.73 Å². The molecule has 1 aromatic carbocycles. The Kier molecular flexibility index (Phi) is 3.65. The molecule has 0 radical (unpaired) electrons. The third-order valence-electron chi connectivity index (χ3n) is 4.63. The molecule has 0 amide bonds. The lowest BCUT2D eigenvalue weighted by Gasteiger charge is -2.34. The van der Waals surface area contributed by atoms with Gasteiger partial charge in [0.1, 0.15) is 0 Å². The fourth-order valence-corrected chi connectivity index (χ4v) is 3.05. The fourth-order valence-electron chi connectivity index (χ4n) is 3.05. The van der Waals surface area contributed by atoms with Crippen molar-refractivity contribution in [3.05, 3.63) is 47.5 Å². The summed E-state index contributed by atoms with van der Waals surface area (Å²) in [5.74, 6) is -0.00173. The molecule has 136 valence electrons. The second-order valence-electron chi connectivity index (χ2n) is 6.59. The molecule has 2 N–H and O–H groups in total. The summed E-state index contributed by atoms with van der Waals surface area (Å²) >= 11 is 0. The van der Waals surface area contributed by atoms with Crippen LogP contribution in [-0.2, 0) is 11.7 Å². The summed E-state index contributed by atoms with van der Waals surface area (Å²) in [5.41, 5.74) is 5.31. The molecule has 0 aliphatic heterocycles. The molecule has 0 spiro atoms. The molecule has 0 bridgehead atoms. The highest BCUT2D eigenvalue weighted by molar-refractivity contribution is 5.58. The zero-order chi connectivity index (χ0) is 18.5. The molecule has 4 rings (SSSR count). The molecule has 2 aromatic heterocycles. The van der Waals surface area contributed by atoms with E-state index in [4.69, 9.17) is 10.3 Å². The van der Waals surface area contributed by atoms with Gasteiger partial charge < -0.3 is 10.3 Å². The first-order valence-corrected chi connectivity index (χ1v) is 8.14. The van der Waals surface area contributed by atoms with Crippen molar-refractivity contribution in [2.45, 2.75) is 37.9 Å². The van der Waals surface area contributed by atoms with E-state index in [-0.39, 0.29) is 17.3 Å². The summed E-state index contributed by atoms with van der Waals surface area (Å²) < 4.78 is 47.2. The van der Waals surface area contributed by atoms with Crippen LogP contribution in [0.1, 0.15) is 36.3 Å². The van der Waals surface area contributed by atoms with Crippen molar-refractivity contribution in [2.24, 2.45) is 5.73 Å². The number of alkyl halides is 3. The first kappa shape index (κ1) is 16.8. The Bertz CT molecular complexity index is 955. The molecule has 0 atom stereocenters. The lowest BCUT2D eigenvalue weighted by Crippen LogP contribution is -2.44. The first-order chi connectivity index (χ1) is 12.3. The molecule has 26 heavy (non-hydrogen) atoms. The van der Waals surface area contributed by atoms with Gasteiger partial charge in [-0.3, -0.25) is 0 Å². The number of nitrogens with two attached hydrogens (primary N) is 1. The lowest BCUT2D eigenvalue weighted by molar-refractivity contribution is -0.142. The van der Waals surface area contributed by atoms with Gasteiger partial charge in [-0.05, 0) is 43.9 Å². The fraction of sp³-hybridized carbons (Fsp3) is 0.353. The van der Waals surface area contributed by atoms with Crippen LogP contribution in [0.5, 0.6) is 0 Å². The summed E-state index contributed by atoms with van der Waals surface area (Å²) in [4.78, 5) is 4.12. The zero-order valence-electron chi connectivity index (χ0n) is 13.9. The van der Waals surface area contributed by atoms with E-state index in [0.29, 0.717) is 18.5 Å². The maximum atomic E-state index is 13.8. The van der Waals surface area contributed by atoms with Crippen LogP contribution in [0.3, 0.4) is 0 Å². The van der Waals surface area contributed by atoms with Crippen molar-refractivity contribution < 1.29 is 17.7 Å². The summed E-state index contributed by atoms with van der Waals surface area (Å²) in [5, 5.41) is 7.70. The standard InChI is InChI=1S/C17H16F3N5O/c1-10-4-2-5-11(8-10)25-13(17(18,19)20)12(9-22-25)14-23-15(24-26-14)16(21)6-3-7-16/h2,4-5,8-9H,3,6-7,21H2,1H3. The monoisotopic (exact) mass is 363 g/mol. The number of halogens is 3. The van der Waals surface area contributed by atoms with Gasteiger partial charge in [0.05, 0.1) is 23.0 Å². The number of hydrogen-bond acceptors (Lipinski definition) is 5. The minimum Gasteiger partial charge on any atom is -0.334 e. The molecule has 0 unspecified atom stereocenters. The SMILES string of the molecule is Cc1cccc(-n2ncc(-c3nc(C4(N)CCC4)no3)c2C(F)(F)F)c1. The molecular weight excluding hydrogens is 347 g/mol. The van der Waals surface area contributed by atoms with Gasteiger partial charge >= 0.3 is 6.18 Å². The number of benzene rings is 1. The summed E-state index contributed by atoms with van der Waals surface area (Å²) in [6.07, 6.45) is -1.27. The number of rotatable bonds is 3. The van der Waals surface area contributed by atoms with Gasteiger partial charge in [0, 0.05) is 0 Å². The molecule has 6 nitrogen and oxygen atoms in total. The minimum atomic E-state index is -4.65. The molecule has 1 fully saturated rings. The van der Waals surface area contributed by atoms with E-state index in [2.05, 4.69) is 15.2 Å². The third-order valence-corrected chi connectivity index (χ3v) is 4.63. The van der Waals surface area contributed by atoms with Gasteiger partial charge in [0.2, 0.25) is 0 Å². The van der Waals surface area contributed by atoms with Crippen LogP contribution >= 0.6 is 0 Å². The maximum Gasteiger partial charge on any atom is 0.434 e. The largest absolute Gasteiger partial charge is 0.434 e. The molecule has 9 heteroatoms. The Labute approximate surface area is 146 Å². The van der Waals surface area contributed by atoms with E-state index in [1.165, 1.54) is 0 Å². The van der Waals surface area contributed by atoms with Crippen molar-refractivity contribution >= 4 is 0 Å². The molecule has 1 saturated carbocycles. The predicted octanol–water partition coefficient (Wildman–Crippen LogP) is 3.59. The van der Waals surface area contributed by atoms with Crippen molar-refractivity contribution in [1.29, 1.82) is 0 Å². The van der Waals surface area contributed by atoms with Crippen LogP contribution in [0.15, 0.2) is 35.0 Å². The number of hydrogen-bond donors (Lipinski definition) is 1. The maximum absolute atomic E-state index is 13.8. The number of aryl methyl sites for hydroxylation is 1. The smallest absolute Gasteiger partial charge is 0.334 e. The third kappa shape index (κ3) is 2.68. The second-order valence-corrected chi connectivity index (χ2v) is 6.59. The average Bonchev–Trinajstić information content (AvgIpc) is 3.19. The quantitative estimate of drug-likeness (QED) is 0.769. The van der Waals surface area contributed by atoms with Gasteiger partial charge in [-0.1, -0.05) is 17.3 Å². The van der Waals surface area contributed by atoms with E-state index in [0.717, 1.165) is 22.9 Å². The zero-order valence-corrected chi connectivity index (χ0v) is 13.9. The molecular formula is C17H16F3N5O. The highest BCUT2D eigenvalue weighted by Gasteiger charge is 2.42. The van der Waals surface area contributed by atoms with Gasteiger partial charge in [-0.25, -0.2) is 4.68 Å². The lowest BCUT2D eigenvalue weighted by atomic mass is 9.77. The molecule has 1 aliphatic carbocycles. The van der Waals surface area contributed by atoms with Crippen LogP contribution in [-0.4, -0.2) is 19.9 Å². The summed E-state index contributed by atoms with van der Waals surface area (Å²) in [6, 6.07) is 6.65. The van der Waals surface area contributed by atoms with E-state index in [1.54, 1.807) is 31.2 Å². The molecule has 2 heterocycles. The highest BCUT2D eigenvalue weighted by atomic mass is 19.4. The topological polar surface area (TPSA) is 82.8 Å². The normalized spacial score (nSPS) is 16.5. The van der Waals surface area contributed by atoms with Crippen molar-refractivity contribution in [3.63, 3.8) is 0 Å². The van der Waals surface area contributed by atoms with Gasteiger partial charge in [0.25, 0.3) is 5.89 Å². The Morgan fingerprint density at radius 1 is 1.27 bits per heavy atom. The Morgan fingerprint density at radius 2 is 2.04 bits per heavy atom. The van der Waals surface area contributed by atoms with E-state index in [1.807, 2.05) is 0 Å². The van der Waals surface area contributed by atoms with E-state index >= 15 is 0 Å². The Morgan fingerprint density at radius 3 is 2.65 bits per heavy atom. The number of aromatic nitrogens is 4. The van der Waals surface area contributed by atoms with Gasteiger partial charge in [-0.15, -0.1) is 0 Å². The molecule has 0 saturated heterocycles. The van der Waals surface area contributed by atoms with E-state index in [9.17, 15) is 13.2 Å². The second kappa shape index (κ2) is 5.66. The van der Waals surface area contributed by atoms with Gasteiger partial charge in [-0.2, -0.15) is 23.3 Å². The van der Waals surface area contributed by atoms with Crippen LogP contribution in [0.25, 0.3) is 17.1 Å². The molecule has 1 aliphatic rings. The number of nitrogens with zero attached hydrogens (tertiary/aromatic N) is 4. The Hall–Kier alpha value is -2.68. The molecule has 3 aromatic rings. The van der Waals surface area contributed by atoms with Crippen LogP contribution in [0.4, 0.5) is 13.2 Å². The van der Waals surface area contributed by atoms with Gasteiger partial charge in [0.15, 0.2) is 11.5 Å². The van der Waals surface area contributed by atoms with E-state index < -0.39 is 17.4 Å². The predicted molar refractivity (Wildman–Crippen MR) is 86.3 cm³/mol. The van der Waals surface area contributed by atoms with Crippen LogP contribution in [0, 0.1) is 6.92 Å². The van der Waals surface area contributed by atoms with Crippen molar-refractivity contribution in [2.75, 3.05) is 0 Å². The summed E-state index contributed by atoms with van der Waals surface area (Å²) in [7, 11) is 0. The minimum absolute atomic E-state index is 0.232.